The van der Waals surface area contributed by atoms with Crippen molar-refractivity contribution in [2.24, 2.45) is 0 Å². The van der Waals surface area contributed by atoms with Crippen LogP contribution in [0.4, 0.5) is 0 Å². The van der Waals surface area contributed by atoms with E-state index in [9.17, 15) is 4.79 Å². The van der Waals surface area contributed by atoms with Crippen molar-refractivity contribution in [3.8, 4) is 0 Å². The maximum absolute atomic E-state index is 12.6. The van der Waals surface area contributed by atoms with E-state index in [-0.39, 0.29) is 5.91 Å². The summed E-state index contributed by atoms with van der Waals surface area (Å²) in [6, 6.07) is 9.09. The van der Waals surface area contributed by atoms with Crippen LogP contribution in [0.3, 0.4) is 0 Å². The quantitative estimate of drug-likeness (QED) is 0.808. The van der Waals surface area contributed by atoms with Crippen molar-refractivity contribution in [2.45, 2.75) is 45.7 Å². The monoisotopic (exact) mass is 318 g/mol. The number of aryl methyl sites for hydroxylation is 2. The summed E-state index contributed by atoms with van der Waals surface area (Å²) in [5.41, 5.74) is 2.55. The average molecular weight is 318 g/mol. The molecule has 1 aliphatic rings. The van der Waals surface area contributed by atoms with Gasteiger partial charge in [-0.3, -0.25) is 9.69 Å². The predicted octanol–water partition coefficient (Wildman–Crippen LogP) is 2.50. The number of rotatable bonds is 6. The first kappa shape index (κ1) is 18.0. The van der Waals surface area contributed by atoms with Crippen molar-refractivity contribution in [1.29, 1.82) is 0 Å². The molecule has 2 atom stereocenters. The van der Waals surface area contributed by atoms with Crippen molar-refractivity contribution >= 4 is 5.91 Å². The Kier molecular flexibility index (Phi) is 6.60. The normalized spacial score (nSPS) is 22.3. The lowest BCUT2D eigenvalue weighted by Crippen LogP contribution is -2.58. The van der Waals surface area contributed by atoms with Gasteiger partial charge < -0.3 is 9.64 Å². The summed E-state index contributed by atoms with van der Waals surface area (Å²) in [4.78, 5) is 17.1. The number of hydrogen-bond acceptors (Lipinski definition) is 3. The van der Waals surface area contributed by atoms with Crippen LogP contribution in [0.5, 0.6) is 0 Å². The van der Waals surface area contributed by atoms with Crippen LogP contribution < -0.4 is 0 Å². The molecule has 2 rings (SSSR count). The second kappa shape index (κ2) is 8.46. The summed E-state index contributed by atoms with van der Waals surface area (Å²) in [5, 5.41) is 0. The molecule has 1 saturated heterocycles. The minimum atomic E-state index is 0.276. The van der Waals surface area contributed by atoms with Crippen LogP contribution in [0.15, 0.2) is 24.3 Å². The lowest BCUT2D eigenvalue weighted by atomic mass is 10.0. The van der Waals surface area contributed by atoms with Crippen molar-refractivity contribution in [3.63, 3.8) is 0 Å². The number of carbonyl (C=O) groups excluding carboxylic acids is 1. The molecule has 0 saturated carbocycles. The fraction of sp³-hybridized carbons (Fsp3) is 0.632. The zero-order valence-corrected chi connectivity index (χ0v) is 14.9. The Morgan fingerprint density at radius 2 is 1.87 bits per heavy atom. The molecule has 128 valence electrons. The molecule has 0 aromatic heterocycles. The Morgan fingerprint density at radius 1 is 1.22 bits per heavy atom. The van der Waals surface area contributed by atoms with Gasteiger partial charge in [-0.2, -0.15) is 0 Å². The highest BCUT2D eigenvalue weighted by Crippen LogP contribution is 2.17. The molecule has 1 fully saturated rings. The first-order chi connectivity index (χ1) is 11.0. The molecule has 1 amide bonds. The molecule has 0 aliphatic carbocycles. The predicted molar refractivity (Wildman–Crippen MR) is 93.6 cm³/mol. The summed E-state index contributed by atoms with van der Waals surface area (Å²) in [7, 11) is 1.74. The molecular formula is C19H30N2O2. The molecule has 0 bridgehead atoms. The maximum atomic E-state index is 12.6. The Hall–Kier alpha value is -1.39. The standard InChI is InChI=1S/C19H30N2O2/c1-15-7-5-6-8-18(15)9-10-19(22)20-13-16(2)21(11-12-23-4)17(3)14-20/h5-8,16-17H,9-14H2,1-4H3. The number of ether oxygens (including phenoxy) is 1. The van der Waals surface area contributed by atoms with E-state index in [1.54, 1.807) is 7.11 Å². The molecule has 0 N–H and O–H groups in total. The van der Waals surface area contributed by atoms with Crippen LogP contribution in [0.1, 0.15) is 31.4 Å². The van der Waals surface area contributed by atoms with Gasteiger partial charge in [0.15, 0.2) is 0 Å². The van der Waals surface area contributed by atoms with Crippen LogP contribution in [-0.4, -0.2) is 61.1 Å². The number of nitrogens with zero attached hydrogens (tertiary/aromatic N) is 2. The number of carbonyl (C=O) groups is 1. The third kappa shape index (κ3) is 4.79. The topological polar surface area (TPSA) is 32.8 Å². The minimum Gasteiger partial charge on any atom is -0.383 e. The number of amides is 1. The Labute approximate surface area is 140 Å². The lowest BCUT2D eigenvalue weighted by Gasteiger charge is -2.44. The molecule has 1 aliphatic heterocycles. The average Bonchev–Trinajstić information content (AvgIpc) is 2.53. The van der Waals surface area contributed by atoms with Gasteiger partial charge in [0.2, 0.25) is 5.91 Å². The van der Waals surface area contributed by atoms with E-state index in [0.29, 0.717) is 18.5 Å². The van der Waals surface area contributed by atoms with E-state index in [1.165, 1.54) is 11.1 Å². The smallest absolute Gasteiger partial charge is 0.223 e. The number of methoxy groups -OCH3 is 1. The highest BCUT2D eigenvalue weighted by molar-refractivity contribution is 5.76. The summed E-state index contributed by atoms with van der Waals surface area (Å²) in [6.07, 6.45) is 1.43. The van der Waals surface area contributed by atoms with E-state index < -0.39 is 0 Å². The molecule has 4 nitrogen and oxygen atoms in total. The molecule has 1 aromatic rings. The van der Waals surface area contributed by atoms with Gasteiger partial charge in [0.1, 0.15) is 0 Å². The van der Waals surface area contributed by atoms with Crippen molar-refractivity contribution in [2.75, 3.05) is 33.4 Å². The molecule has 1 aromatic carbocycles. The van der Waals surface area contributed by atoms with Crippen LogP contribution in [0.25, 0.3) is 0 Å². The highest BCUT2D eigenvalue weighted by atomic mass is 16.5. The van der Waals surface area contributed by atoms with Crippen molar-refractivity contribution in [1.82, 2.24) is 9.80 Å². The zero-order valence-electron chi connectivity index (χ0n) is 14.9. The van der Waals surface area contributed by atoms with Gasteiger partial charge in [0, 0.05) is 45.2 Å². The molecule has 23 heavy (non-hydrogen) atoms. The second-order valence-electron chi connectivity index (χ2n) is 6.65. The Morgan fingerprint density at radius 3 is 2.48 bits per heavy atom. The van der Waals surface area contributed by atoms with Gasteiger partial charge in [-0.25, -0.2) is 0 Å². The Balaban J connectivity index is 1.87. The van der Waals surface area contributed by atoms with Crippen LogP contribution >= 0.6 is 0 Å². The fourth-order valence-corrected chi connectivity index (χ4v) is 3.49. The SMILES string of the molecule is COCCN1C(C)CN(C(=O)CCc2ccccc2C)CC1C. The number of hydrogen-bond donors (Lipinski definition) is 0. The summed E-state index contributed by atoms with van der Waals surface area (Å²) in [6.45, 7) is 9.83. The number of piperazine rings is 1. The second-order valence-corrected chi connectivity index (χ2v) is 6.65. The van der Waals surface area contributed by atoms with E-state index in [1.807, 2.05) is 17.0 Å². The van der Waals surface area contributed by atoms with Gasteiger partial charge in [0.05, 0.1) is 6.61 Å². The van der Waals surface area contributed by atoms with E-state index in [0.717, 1.165) is 32.7 Å². The fourth-order valence-electron chi connectivity index (χ4n) is 3.49. The highest BCUT2D eigenvalue weighted by Gasteiger charge is 2.31. The molecule has 2 unspecified atom stereocenters. The van der Waals surface area contributed by atoms with Crippen LogP contribution in [0, 0.1) is 6.92 Å². The molecule has 4 heteroatoms. The Bertz CT molecular complexity index is 506. The van der Waals surface area contributed by atoms with E-state index >= 15 is 0 Å². The third-order valence-electron chi connectivity index (χ3n) is 4.88. The van der Waals surface area contributed by atoms with E-state index in [4.69, 9.17) is 4.74 Å². The van der Waals surface area contributed by atoms with Gasteiger partial charge in [0.25, 0.3) is 0 Å². The third-order valence-corrected chi connectivity index (χ3v) is 4.88. The van der Waals surface area contributed by atoms with Crippen molar-refractivity contribution < 1.29 is 9.53 Å². The van der Waals surface area contributed by atoms with Gasteiger partial charge in [-0.05, 0) is 38.3 Å². The summed E-state index contributed by atoms with van der Waals surface area (Å²) < 4.78 is 5.19. The largest absolute Gasteiger partial charge is 0.383 e. The van der Waals surface area contributed by atoms with Gasteiger partial charge in [-0.15, -0.1) is 0 Å². The van der Waals surface area contributed by atoms with Gasteiger partial charge >= 0.3 is 0 Å². The first-order valence-electron chi connectivity index (χ1n) is 8.60. The first-order valence-corrected chi connectivity index (χ1v) is 8.60. The minimum absolute atomic E-state index is 0.276. The lowest BCUT2D eigenvalue weighted by molar-refractivity contribution is -0.135. The molecule has 0 spiro atoms. The van der Waals surface area contributed by atoms with Crippen LogP contribution in [-0.2, 0) is 16.0 Å². The summed E-state index contributed by atoms with van der Waals surface area (Å²) >= 11 is 0. The van der Waals surface area contributed by atoms with Crippen LogP contribution in [0.2, 0.25) is 0 Å². The maximum Gasteiger partial charge on any atom is 0.223 e. The molecular weight excluding hydrogens is 288 g/mol. The zero-order chi connectivity index (χ0) is 16.8. The molecule has 1 heterocycles. The van der Waals surface area contributed by atoms with Gasteiger partial charge in [-0.1, -0.05) is 24.3 Å². The molecule has 0 radical (unpaired) electrons. The summed E-state index contributed by atoms with van der Waals surface area (Å²) in [5.74, 6) is 0.276. The van der Waals surface area contributed by atoms with Crippen molar-refractivity contribution in [3.05, 3.63) is 35.4 Å². The van der Waals surface area contributed by atoms with E-state index in [2.05, 4.69) is 37.8 Å². The number of benzene rings is 1.